The van der Waals surface area contributed by atoms with E-state index in [1.54, 1.807) is 0 Å². The fourth-order valence-electron chi connectivity index (χ4n) is 7.22. The van der Waals surface area contributed by atoms with Gasteiger partial charge in [0, 0.05) is 5.33 Å². The van der Waals surface area contributed by atoms with Gasteiger partial charge in [0.25, 0.3) is 0 Å². The molecular weight excluding hydrogens is 660 g/mol. The van der Waals surface area contributed by atoms with Crippen molar-refractivity contribution in [3.8, 4) is 0 Å². The van der Waals surface area contributed by atoms with Crippen molar-refractivity contribution in [2.45, 2.75) is 89.9 Å². The predicted molar refractivity (Wildman–Crippen MR) is 217 cm³/mol. The van der Waals surface area contributed by atoms with Crippen molar-refractivity contribution in [1.82, 2.24) is 10.2 Å². The molecule has 0 radical (unpaired) electrons. The molecule has 0 amide bonds. The molecule has 6 rings (SSSR count). The van der Waals surface area contributed by atoms with Gasteiger partial charge in [-0.1, -0.05) is 150 Å². The summed E-state index contributed by atoms with van der Waals surface area (Å²) in [6.07, 6.45) is 18.5. The first-order valence-electron chi connectivity index (χ1n) is 19.4. The molecule has 2 heterocycles. The third-order valence-electron chi connectivity index (χ3n) is 10.2. The summed E-state index contributed by atoms with van der Waals surface area (Å²) in [6, 6.07) is 43.3. The number of nitrogens with zero attached hydrogens (tertiary/aromatic N) is 1. The number of rotatable bonds is 15. The van der Waals surface area contributed by atoms with Crippen LogP contribution in [0.1, 0.15) is 86.5 Å². The SMILES string of the molecule is BrCCCc1ccccc1.c1ccc(CCCC2CCN(CCCc3ccccc3)CC2)cc1.c1ccc(CCCC2CCNCC2)cc1. The molecule has 0 unspecified atom stereocenters. The minimum atomic E-state index is 0.957. The smallest absolute Gasteiger partial charge is 0.00344 e. The lowest BCUT2D eigenvalue weighted by Gasteiger charge is -2.32. The zero-order valence-electron chi connectivity index (χ0n) is 30.2. The van der Waals surface area contributed by atoms with Crippen molar-refractivity contribution in [3.05, 3.63) is 144 Å². The van der Waals surface area contributed by atoms with E-state index in [9.17, 15) is 0 Å². The number of hydrogen-bond donors (Lipinski definition) is 1. The minimum Gasteiger partial charge on any atom is -0.317 e. The van der Waals surface area contributed by atoms with Crippen LogP contribution in [-0.2, 0) is 25.7 Å². The molecule has 0 aliphatic carbocycles. The van der Waals surface area contributed by atoms with Gasteiger partial charge in [-0.3, -0.25) is 0 Å². The van der Waals surface area contributed by atoms with Gasteiger partial charge >= 0.3 is 0 Å². The molecule has 0 aromatic heterocycles. The van der Waals surface area contributed by atoms with Crippen molar-refractivity contribution in [1.29, 1.82) is 0 Å². The zero-order chi connectivity index (χ0) is 34.0. The van der Waals surface area contributed by atoms with Crippen LogP contribution in [0, 0.1) is 11.8 Å². The molecule has 0 atom stereocenters. The molecule has 2 fully saturated rings. The van der Waals surface area contributed by atoms with E-state index in [-0.39, 0.29) is 0 Å². The van der Waals surface area contributed by atoms with Gasteiger partial charge in [0.1, 0.15) is 0 Å². The van der Waals surface area contributed by atoms with Gasteiger partial charge in [0.2, 0.25) is 0 Å². The topological polar surface area (TPSA) is 15.3 Å². The summed E-state index contributed by atoms with van der Waals surface area (Å²) in [6.45, 7) is 6.35. The fraction of sp³-hybridized carbons (Fsp3) is 0.478. The molecule has 4 aromatic carbocycles. The largest absolute Gasteiger partial charge is 0.317 e. The summed E-state index contributed by atoms with van der Waals surface area (Å²) in [4.78, 5) is 2.68. The Hall–Kier alpha value is -2.72. The highest BCUT2D eigenvalue weighted by molar-refractivity contribution is 9.09. The summed E-state index contributed by atoms with van der Waals surface area (Å²) < 4.78 is 0. The molecule has 2 aliphatic heterocycles. The first-order chi connectivity index (χ1) is 24.3. The van der Waals surface area contributed by atoms with E-state index in [2.05, 4.69) is 147 Å². The average Bonchev–Trinajstić information content (AvgIpc) is 3.17. The number of likely N-dealkylation sites (tertiary alicyclic amines) is 1. The number of aryl methyl sites for hydroxylation is 4. The van der Waals surface area contributed by atoms with Gasteiger partial charge < -0.3 is 10.2 Å². The molecule has 0 saturated carbocycles. The quantitative estimate of drug-likeness (QED) is 0.123. The van der Waals surface area contributed by atoms with Crippen molar-refractivity contribution in [3.63, 3.8) is 0 Å². The first kappa shape index (κ1) is 39.1. The Morgan fingerprint density at radius 2 is 0.837 bits per heavy atom. The van der Waals surface area contributed by atoms with Crippen LogP contribution in [0.3, 0.4) is 0 Å². The molecule has 3 heteroatoms. The Labute approximate surface area is 308 Å². The van der Waals surface area contributed by atoms with Crippen LogP contribution in [0.5, 0.6) is 0 Å². The Morgan fingerprint density at radius 3 is 1.24 bits per heavy atom. The number of piperidine rings is 2. The van der Waals surface area contributed by atoms with E-state index in [4.69, 9.17) is 0 Å². The van der Waals surface area contributed by atoms with Gasteiger partial charge in [0.05, 0.1) is 0 Å². The third-order valence-corrected chi connectivity index (χ3v) is 10.8. The highest BCUT2D eigenvalue weighted by Crippen LogP contribution is 2.23. The fourth-order valence-corrected chi connectivity index (χ4v) is 7.50. The van der Waals surface area contributed by atoms with E-state index in [0.717, 1.165) is 17.2 Å². The highest BCUT2D eigenvalue weighted by Gasteiger charge is 2.18. The highest BCUT2D eigenvalue weighted by atomic mass is 79.9. The lowest BCUT2D eigenvalue weighted by molar-refractivity contribution is 0.176. The summed E-state index contributed by atoms with van der Waals surface area (Å²) in [5.41, 5.74) is 5.90. The van der Waals surface area contributed by atoms with Gasteiger partial charge in [-0.15, -0.1) is 0 Å². The third kappa shape index (κ3) is 17.7. The second kappa shape index (κ2) is 25.3. The molecule has 2 nitrogen and oxygen atoms in total. The van der Waals surface area contributed by atoms with Crippen LogP contribution in [0.25, 0.3) is 0 Å². The molecular formula is C46H63BrN2. The summed E-state index contributed by atoms with van der Waals surface area (Å²) in [5, 5.41) is 4.52. The summed E-state index contributed by atoms with van der Waals surface area (Å²) >= 11 is 3.41. The van der Waals surface area contributed by atoms with Crippen molar-refractivity contribution < 1.29 is 0 Å². The standard InChI is InChI=1S/C23H31N.C14H21N.C9H11Br/c1-3-9-21(10-4-1)13-7-14-23-16-19-24(20-17-23)18-8-15-22-11-5-2-6-12-22;1-2-5-13(6-3-1)7-4-8-14-9-11-15-12-10-14;10-8-4-7-9-5-2-1-3-6-9/h1-6,9-12,23H,7-8,13-20H2;1-3,5-6,14-15H,4,7-12H2;1-3,5-6H,4,7-8H2. The van der Waals surface area contributed by atoms with Crippen molar-refractivity contribution >= 4 is 15.9 Å². The van der Waals surface area contributed by atoms with E-state index in [1.165, 1.54) is 145 Å². The number of benzene rings is 4. The van der Waals surface area contributed by atoms with Crippen LogP contribution in [0.4, 0.5) is 0 Å². The zero-order valence-corrected chi connectivity index (χ0v) is 31.8. The Bertz CT molecular complexity index is 1250. The van der Waals surface area contributed by atoms with E-state index < -0.39 is 0 Å². The average molecular weight is 724 g/mol. The molecule has 49 heavy (non-hydrogen) atoms. The Morgan fingerprint density at radius 1 is 0.469 bits per heavy atom. The lowest BCUT2D eigenvalue weighted by Crippen LogP contribution is -2.34. The molecule has 2 aliphatic rings. The molecule has 1 N–H and O–H groups in total. The number of alkyl halides is 1. The van der Waals surface area contributed by atoms with Gasteiger partial charge in [-0.2, -0.15) is 0 Å². The predicted octanol–water partition coefficient (Wildman–Crippen LogP) is 11.4. The van der Waals surface area contributed by atoms with Crippen LogP contribution in [0.15, 0.2) is 121 Å². The van der Waals surface area contributed by atoms with Crippen LogP contribution in [-0.4, -0.2) is 43.0 Å². The molecule has 4 aromatic rings. The molecule has 264 valence electrons. The minimum absolute atomic E-state index is 0.957. The monoisotopic (exact) mass is 722 g/mol. The van der Waals surface area contributed by atoms with Gasteiger partial charge in [0.15, 0.2) is 0 Å². The van der Waals surface area contributed by atoms with Crippen LogP contribution < -0.4 is 5.32 Å². The molecule has 2 saturated heterocycles. The van der Waals surface area contributed by atoms with E-state index >= 15 is 0 Å². The van der Waals surface area contributed by atoms with E-state index in [1.807, 2.05) is 0 Å². The van der Waals surface area contributed by atoms with Crippen LogP contribution in [0.2, 0.25) is 0 Å². The number of halogens is 1. The molecule has 0 bridgehead atoms. The van der Waals surface area contributed by atoms with Crippen LogP contribution >= 0.6 is 15.9 Å². The lowest BCUT2D eigenvalue weighted by atomic mass is 9.90. The van der Waals surface area contributed by atoms with Gasteiger partial charge in [-0.25, -0.2) is 0 Å². The normalized spacial score (nSPS) is 15.4. The number of hydrogen-bond acceptors (Lipinski definition) is 2. The first-order valence-corrected chi connectivity index (χ1v) is 20.6. The van der Waals surface area contributed by atoms with Gasteiger partial charge in [-0.05, 0) is 144 Å². The summed E-state index contributed by atoms with van der Waals surface area (Å²) in [7, 11) is 0. The number of nitrogens with one attached hydrogen (secondary N) is 1. The second-order valence-electron chi connectivity index (χ2n) is 14.1. The summed E-state index contributed by atoms with van der Waals surface area (Å²) in [5.74, 6) is 1.94. The molecule has 0 spiro atoms. The van der Waals surface area contributed by atoms with Crippen molar-refractivity contribution in [2.24, 2.45) is 11.8 Å². The second-order valence-corrected chi connectivity index (χ2v) is 14.9. The maximum Gasteiger partial charge on any atom is 0.00344 e. The Kier molecular flexibility index (Phi) is 20.1. The maximum atomic E-state index is 3.42. The van der Waals surface area contributed by atoms with Crippen molar-refractivity contribution in [2.75, 3.05) is 38.1 Å². The maximum absolute atomic E-state index is 3.42. The Balaban J connectivity index is 0.000000184. The van der Waals surface area contributed by atoms with E-state index in [0.29, 0.717) is 0 Å².